The van der Waals surface area contributed by atoms with Gasteiger partial charge in [0.1, 0.15) is 5.75 Å². The number of benzene rings is 1. The molecule has 1 aromatic rings. The SMILES string of the molecule is CCCCCOc1cccc(C#CCCO)c1. The average molecular weight is 232 g/mol. The van der Waals surface area contributed by atoms with E-state index in [1.54, 1.807) is 0 Å². The predicted molar refractivity (Wildman–Crippen MR) is 70.0 cm³/mol. The minimum Gasteiger partial charge on any atom is -0.494 e. The fraction of sp³-hybridized carbons (Fsp3) is 0.467. The number of unbranched alkanes of at least 4 members (excludes halogenated alkanes) is 2. The van der Waals surface area contributed by atoms with Gasteiger partial charge in [0.05, 0.1) is 13.2 Å². The minimum atomic E-state index is 0.111. The Morgan fingerprint density at radius 1 is 1.29 bits per heavy atom. The van der Waals surface area contributed by atoms with Crippen LogP contribution in [0.4, 0.5) is 0 Å². The minimum absolute atomic E-state index is 0.111. The highest BCUT2D eigenvalue weighted by Crippen LogP contribution is 2.13. The zero-order valence-corrected chi connectivity index (χ0v) is 10.4. The summed E-state index contributed by atoms with van der Waals surface area (Å²) < 4.78 is 5.64. The molecule has 2 heteroatoms. The molecule has 17 heavy (non-hydrogen) atoms. The largest absolute Gasteiger partial charge is 0.494 e. The van der Waals surface area contributed by atoms with Gasteiger partial charge < -0.3 is 9.84 Å². The van der Waals surface area contributed by atoms with Crippen LogP contribution < -0.4 is 4.74 Å². The third-order valence-corrected chi connectivity index (χ3v) is 2.32. The summed E-state index contributed by atoms with van der Waals surface area (Å²) in [6.07, 6.45) is 4.02. The predicted octanol–water partition coefficient (Wildman–Crippen LogP) is 2.99. The zero-order chi connectivity index (χ0) is 12.3. The molecule has 1 N–H and O–H groups in total. The topological polar surface area (TPSA) is 29.5 Å². The molecule has 0 heterocycles. The van der Waals surface area contributed by atoms with Crippen molar-refractivity contribution in [2.45, 2.75) is 32.6 Å². The maximum atomic E-state index is 8.64. The van der Waals surface area contributed by atoms with Gasteiger partial charge in [-0.2, -0.15) is 0 Å². The highest BCUT2D eigenvalue weighted by atomic mass is 16.5. The number of aliphatic hydroxyl groups excluding tert-OH is 1. The van der Waals surface area contributed by atoms with E-state index in [4.69, 9.17) is 9.84 Å². The molecule has 92 valence electrons. The van der Waals surface area contributed by atoms with Crippen molar-refractivity contribution >= 4 is 0 Å². The van der Waals surface area contributed by atoms with Crippen LogP contribution in [-0.2, 0) is 0 Å². The van der Waals surface area contributed by atoms with Crippen molar-refractivity contribution in [1.82, 2.24) is 0 Å². The highest BCUT2D eigenvalue weighted by molar-refractivity contribution is 5.39. The number of ether oxygens (including phenoxy) is 1. The van der Waals surface area contributed by atoms with E-state index in [1.807, 2.05) is 24.3 Å². The van der Waals surface area contributed by atoms with Crippen LogP contribution in [0.25, 0.3) is 0 Å². The molecule has 0 fully saturated rings. The van der Waals surface area contributed by atoms with Crippen LogP contribution in [0.2, 0.25) is 0 Å². The number of hydrogen-bond donors (Lipinski definition) is 1. The van der Waals surface area contributed by atoms with Crippen LogP contribution in [0.1, 0.15) is 38.2 Å². The smallest absolute Gasteiger partial charge is 0.120 e. The summed E-state index contributed by atoms with van der Waals surface area (Å²) in [7, 11) is 0. The first kappa shape index (κ1) is 13.6. The second kappa shape index (κ2) is 8.66. The van der Waals surface area contributed by atoms with Crippen LogP contribution in [0.5, 0.6) is 5.75 Å². The Balaban J connectivity index is 2.46. The quantitative estimate of drug-likeness (QED) is 0.603. The van der Waals surface area contributed by atoms with Crippen molar-refractivity contribution in [3.05, 3.63) is 29.8 Å². The van der Waals surface area contributed by atoms with E-state index < -0.39 is 0 Å². The molecule has 0 amide bonds. The number of aliphatic hydroxyl groups is 1. The molecule has 0 aliphatic rings. The first-order valence-corrected chi connectivity index (χ1v) is 6.19. The Hall–Kier alpha value is -1.46. The van der Waals surface area contributed by atoms with Crippen LogP contribution in [0.15, 0.2) is 24.3 Å². The molecule has 0 spiro atoms. The maximum absolute atomic E-state index is 8.64. The van der Waals surface area contributed by atoms with Crippen LogP contribution in [0.3, 0.4) is 0 Å². The monoisotopic (exact) mass is 232 g/mol. The average Bonchev–Trinajstić information content (AvgIpc) is 2.36. The van der Waals surface area contributed by atoms with Gasteiger partial charge in [-0.05, 0) is 24.6 Å². The third kappa shape index (κ3) is 5.99. The molecule has 0 atom stereocenters. The van der Waals surface area contributed by atoms with Crippen LogP contribution in [-0.4, -0.2) is 18.3 Å². The third-order valence-electron chi connectivity index (χ3n) is 2.32. The Bertz CT molecular complexity index is 374. The zero-order valence-electron chi connectivity index (χ0n) is 10.4. The molecule has 0 bridgehead atoms. The molecule has 0 unspecified atom stereocenters. The van der Waals surface area contributed by atoms with Gasteiger partial charge in [-0.3, -0.25) is 0 Å². The lowest BCUT2D eigenvalue weighted by Gasteiger charge is -2.05. The van der Waals surface area contributed by atoms with Gasteiger partial charge in [0.25, 0.3) is 0 Å². The maximum Gasteiger partial charge on any atom is 0.120 e. The fourth-order valence-electron chi connectivity index (χ4n) is 1.43. The first-order chi connectivity index (χ1) is 8.36. The molecule has 0 aliphatic carbocycles. The van der Waals surface area contributed by atoms with Gasteiger partial charge in [0.2, 0.25) is 0 Å². The number of rotatable bonds is 6. The normalized spacial score (nSPS) is 9.53. The summed E-state index contributed by atoms with van der Waals surface area (Å²) in [6.45, 7) is 3.05. The standard InChI is InChI=1S/C15H20O2/c1-2-3-6-12-17-15-10-7-9-14(13-15)8-4-5-11-16/h7,9-10,13,16H,2-3,5-6,11-12H2,1H3. The summed E-state index contributed by atoms with van der Waals surface area (Å²) in [5.41, 5.74) is 0.937. The molecule has 0 saturated heterocycles. The van der Waals surface area contributed by atoms with E-state index in [-0.39, 0.29) is 6.61 Å². The summed E-state index contributed by atoms with van der Waals surface area (Å²) in [5, 5.41) is 8.64. The van der Waals surface area contributed by atoms with Crippen LogP contribution in [0, 0.1) is 11.8 Å². The molecule has 1 rings (SSSR count). The van der Waals surface area contributed by atoms with Crippen LogP contribution >= 0.6 is 0 Å². The summed E-state index contributed by atoms with van der Waals surface area (Å²) in [6, 6.07) is 7.78. The second-order valence-electron chi connectivity index (χ2n) is 3.86. The molecular weight excluding hydrogens is 212 g/mol. The Kier molecular flexibility index (Phi) is 6.93. The lowest BCUT2D eigenvalue weighted by atomic mass is 10.2. The van der Waals surface area contributed by atoms with E-state index in [2.05, 4.69) is 18.8 Å². The van der Waals surface area contributed by atoms with Crippen molar-refractivity contribution in [3.8, 4) is 17.6 Å². The highest BCUT2D eigenvalue weighted by Gasteiger charge is 1.94. The summed E-state index contributed by atoms with van der Waals surface area (Å²) >= 11 is 0. The number of hydrogen-bond acceptors (Lipinski definition) is 2. The Labute approximate surface area is 104 Å². The second-order valence-corrected chi connectivity index (χ2v) is 3.86. The lowest BCUT2D eigenvalue weighted by molar-refractivity contribution is 0.305. The van der Waals surface area contributed by atoms with Gasteiger partial charge in [-0.1, -0.05) is 37.7 Å². The van der Waals surface area contributed by atoms with E-state index >= 15 is 0 Å². The fourth-order valence-corrected chi connectivity index (χ4v) is 1.43. The molecule has 0 saturated carbocycles. The van der Waals surface area contributed by atoms with Gasteiger partial charge in [0, 0.05) is 12.0 Å². The Morgan fingerprint density at radius 2 is 2.18 bits per heavy atom. The van der Waals surface area contributed by atoms with E-state index in [0.717, 1.165) is 24.3 Å². The lowest BCUT2D eigenvalue weighted by Crippen LogP contribution is -1.96. The molecule has 1 aromatic carbocycles. The summed E-state index contributed by atoms with van der Waals surface area (Å²) in [4.78, 5) is 0. The van der Waals surface area contributed by atoms with Crippen molar-refractivity contribution in [1.29, 1.82) is 0 Å². The molecule has 0 aliphatic heterocycles. The van der Waals surface area contributed by atoms with Crippen molar-refractivity contribution in [3.63, 3.8) is 0 Å². The molecule has 2 nitrogen and oxygen atoms in total. The van der Waals surface area contributed by atoms with E-state index in [1.165, 1.54) is 12.8 Å². The Morgan fingerprint density at radius 3 is 2.94 bits per heavy atom. The van der Waals surface area contributed by atoms with E-state index in [0.29, 0.717) is 6.42 Å². The molecule has 0 aromatic heterocycles. The van der Waals surface area contributed by atoms with Gasteiger partial charge >= 0.3 is 0 Å². The van der Waals surface area contributed by atoms with Gasteiger partial charge in [-0.25, -0.2) is 0 Å². The van der Waals surface area contributed by atoms with Crippen molar-refractivity contribution < 1.29 is 9.84 Å². The van der Waals surface area contributed by atoms with Gasteiger partial charge in [-0.15, -0.1) is 0 Å². The molecule has 0 radical (unpaired) electrons. The van der Waals surface area contributed by atoms with Crippen molar-refractivity contribution in [2.24, 2.45) is 0 Å². The first-order valence-electron chi connectivity index (χ1n) is 6.19. The van der Waals surface area contributed by atoms with Gasteiger partial charge in [0.15, 0.2) is 0 Å². The molecular formula is C15H20O2. The van der Waals surface area contributed by atoms with E-state index in [9.17, 15) is 0 Å². The van der Waals surface area contributed by atoms with Crippen molar-refractivity contribution in [2.75, 3.05) is 13.2 Å². The summed E-state index contributed by atoms with van der Waals surface area (Å²) in [5.74, 6) is 6.77.